The minimum absolute atomic E-state index is 0.389. The second-order valence-electron chi connectivity index (χ2n) is 6.42. The molecule has 1 aliphatic carbocycles. The Morgan fingerprint density at radius 2 is 1.76 bits per heavy atom. The maximum absolute atomic E-state index is 5.73. The first-order valence-electron chi connectivity index (χ1n) is 8.37. The van der Waals surface area contributed by atoms with E-state index in [1.54, 1.807) is 13.2 Å². The summed E-state index contributed by atoms with van der Waals surface area (Å²) in [6.45, 7) is 1.75. The van der Waals surface area contributed by atoms with Crippen LogP contribution in [0.3, 0.4) is 0 Å². The van der Waals surface area contributed by atoms with E-state index in [9.17, 15) is 0 Å². The van der Waals surface area contributed by atoms with E-state index in [1.807, 2.05) is 0 Å². The van der Waals surface area contributed by atoms with E-state index < -0.39 is 0 Å². The van der Waals surface area contributed by atoms with E-state index >= 15 is 0 Å². The van der Waals surface area contributed by atoms with E-state index in [0.29, 0.717) is 36.3 Å². The molecule has 0 amide bonds. The van der Waals surface area contributed by atoms with Crippen molar-refractivity contribution in [1.29, 1.82) is 0 Å². The summed E-state index contributed by atoms with van der Waals surface area (Å²) >= 11 is 0. The van der Waals surface area contributed by atoms with Crippen molar-refractivity contribution >= 4 is 11.0 Å². The first-order chi connectivity index (χ1) is 12.2. The fraction of sp³-hybridized carbons (Fsp3) is 0.333. The molecule has 0 bridgehead atoms. The first kappa shape index (κ1) is 14.4. The van der Waals surface area contributed by atoms with Crippen LogP contribution in [-0.2, 0) is 25.7 Å². The molecule has 3 aromatic heterocycles. The minimum atomic E-state index is 0.389. The molecule has 7 nitrogen and oxygen atoms in total. The number of rotatable bonds is 4. The van der Waals surface area contributed by atoms with Gasteiger partial charge in [0.25, 0.3) is 0 Å². The second-order valence-corrected chi connectivity index (χ2v) is 6.42. The number of nitrogens with zero attached hydrogens (tertiary/aromatic N) is 4. The Bertz CT molecular complexity index is 1060. The third-order valence-corrected chi connectivity index (χ3v) is 4.61. The van der Waals surface area contributed by atoms with Crippen LogP contribution in [0.4, 0.5) is 0 Å². The van der Waals surface area contributed by atoms with Crippen molar-refractivity contribution < 1.29 is 13.5 Å². The van der Waals surface area contributed by atoms with Crippen LogP contribution in [0.5, 0.6) is 0 Å². The highest BCUT2D eigenvalue weighted by molar-refractivity contribution is 5.83. The van der Waals surface area contributed by atoms with Gasteiger partial charge in [-0.2, -0.15) is 9.97 Å². The standard InChI is InChI=1S/C18H16N4O3/c1-10-19-16(21-24-10)8-17-20-18(25-22-17)7-13-9-23-15-6-12-4-2-3-11(12)5-14(13)15/h5-6,9H,2-4,7-8H2,1H3. The maximum atomic E-state index is 5.73. The minimum Gasteiger partial charge on any atom is -0.464 e. The molecule has 0 radical (unpaired) electrons. The molecule has 0 unspecified atom stereocenters. The van der Waals surface area contributed by atoms with Gasteiger partial charge in [0.1, 0.15) is 5.58 Å². The lowest BCUT2D eigenvalue weighted by Gasteiger charge is -1.99. The number of fused-ring (bicyclic) bond motifs is 2. The molecule has 0 saturated heterocycles. The summed E-state index contributed by atoms with van der Waals surface area (Å²) in [6, 6.07) is 4.41. The van der Waals surface area contributed by atoms with Crippen LogP contribution in [-0.4, -0.2) is 20.3 Å². The van der Waals surface area contributed by atoms with Crippen LogP contribution in [0.2, 0.25) is 0 Å². The van der Waals surface area contributed by atoms with Gasteiger partial charge < -0.3 is 13.5 Å². The molecular formula is C18H16N4O3. The number of aromatic nitrogens is 4. The van der Waals surface area contributed by atoms with Crippen molar-refractivity contribution in [2.24, 2.45) is 0 Å². The van der Waals surface area contributed by atoms with Crippen LogP contribution < -0.4 is 0 Å². The van der Waals surface area contributed by atoms with Crippen LogP contribution >= 0.6 is 0 Å². The van der Waals surface area contributed by atoms with Gasteiger partial charge in [-0.25, -0.2) is 0 Å². The lowest BCUT2D eigenvalue weighted by atomic mass is 10.0. The highest BCUT2D eigenvalue weighted by Gasteiger charge is 2.17. The molecule has 1 aromatic carbocycles. The van der Waals surface area contributed by atoms with Gasteiger partial charge in [0, 0.05) is 17.9 Å². The number of aryl methyl sites for hydroxylation is 3. The zero-order valence-electron chi connectivity index (χ0n) is 13.8. The van der Waals surface area contributed by atoms with E-state index in [4.69, 9.17) is 13.5 Å². The third-order valence-electron chi connectivity index (χ3n) is 4.61. The van der Waals surface area contributed by atoms with Crippen molar-refractivity contribution in [3.8, 4) is 0 Å². The summed E-state index contributed by atoms with van der Waals surface area (Å²) in [5.41, 5.74) is 4.82. The summed E-state index contributed by atoms with van der Waals surface area (Å²) in [5, 5.41) is 8.98. The molecule has 3 heterocycles. The zero-order chi connectivity index (χ0) is 16.8. The number of hydrogen-bond acceptors (Lipinski definition) is 7. The lowest BCUT2D eigenvalue weighted by Crippen LogP contribution is -1.94. The summed E-state index contributed by atoms with van der Waals surface area (Å²) in [6.07, 6.45) is 6.23. The third kappa shape index (κ3) is 2.61. The average Bonchev–Trinajstić information content (AvgIpc) is 3.36. The zero-order valence-corrected chi connectivity index (χ0v) is 13.8. The molecule has 0 atom stereocenters. The van der Waals surface area contributed by atoms with Crippen LogP contribution in [0.25, 0.3) is 11.0 Å². The molecule has 0 saturated carbocycles. The number of benzene rings is 1. The van der Waals surface area contributed by atoms with E-state index in [0.717, 1.165) is 29.4 Å². The molecular weight excluding hydrogens is 320 g/mol. The molecule has 126 valence electrons. The summed E-state index contributed by atoms with van der Waals surface area (Å²) in [4.78, 5) is 8.58. The smallest absolute Gasteiger partial charge is 0.231 e. The van der Waals surface area contributed by atoms with Gasteiger partial charge in [0.2, 0.25) is 11.8 Å². The van der Waals surface area contributed by atoms with Crippen LogP contribution in [0.15, 0.2) is 31.9 Å². The second kappa shape index (κ2) is 5.54. The molecule has 0 N–H and O–H groups in total. The van der Waals surface area contributed by atoms with E-state index in [1.165, 1.54) is 17.5 Å². The van der Waals surface area contributed by atoms with E-state index in [-0.39, 0.29) is 0 Å². The van der Waals surface area contributed by atoms with Gasteiger partial charge in [-0.05, 0) is 42.5 Å². The summed E-state index contributed by atoms with van der Waals surface area (Å²) < 4.78 is 16.1. The fourth-order valence-electron chi connectivity index (χ4n) is 3.44. The SMILES string of the molecule is Cc1nc(Cc2noc(Cc3coc4cc5c(cc34)CCC5)n2)no1. The topological polar surface area (TPSA) is 91.0 Å². The highest BCUT2D eigenvalue weighted by Crippen LogP contribution is 2.31. The molecule has 0 spiro atoms. The molecule has 25 heavy (non-hydrogen) atoms. The Hall–Kier alpha value is -2.96. The van der Waals surface area contributed by atoms with Gasteiger partial charge in [-0.15, -0.1) is 0 Å². The Labute approximate surface area is 143 Å². The van der Waals surface area contributed by atoms with Gasteiger partial charge in [0.05, 0.1) is 19.1 Å². The first-order valence-corrected chi connectivity index (χ1v) is 8.37. The molecule has 0 fully saturated rings. The summed E-state index contributed by atoms with van der Waals surface area (Å²) in [7, 11) is 0. The summed E-state index contributed by atoms with van der Waals surface area (Å²) in [5.74, 6) is 2.17. The van der Waals surface area contributed by atoms with Gasteiger partial charge in [-0.3, -0.25) is 0 Å². The Morgan fingerprint density at radius 3 is 2.60 bits per heavy atom. The quantitative estimate of drug-likeness (QED) is 0.565. The van der Waals surface area contributed by atoms with Gasteiger partial charge in [-0.1, -0.05) is 10.3 Å². The Morgan fingerprint density at radius 1 is 0.960 bits per heavy atom. The van der Waals surface area contributed by atoms with E-state index in [2.05, 4.69) is 32.4 Å². The number of hydrogen-bond donors (Lipinski definition) is 0. The van der Waals surface area contributed by atoms with Gasteiger partial charge in [0.15, 0.2) is 11.6 Å². The average molecular weight is 336 g/mol. The Kier molecular flexibility index (Phi) is 3.19. The van der Waals surface area contributed by atoms with Crippen molar-refractivity contribution in [1.82, 2.24) is 20.3 Å². The molecule has 0 aliphatic heterocycles. The van der Waals surface area contributed by atoms with Gasteiger partial charge >= 0.3 is 0 Å². The predicted octanol–water partition coefficient (Wildman–Crippen LogP) is 3.18. The van der Waals surface area contributed by atoms with Crippen LogP contribution in [0, 0.1) is 6.92 Å². The molecule has 4 aromatic rings. The highest BCUT2D eigenvalue weighted by atomic mass is 16.5. The molecule has 7 heteroatoms. The molecule has 5 rings (SSSR count). The lowest BCUT2D eigenvalue weighted by molar-refractivity contribution is 0.377. The molecule has 1 aliphatic rings. The predicted molar refractivity (Wildman–Crippen MR) is 87.2 cm³/mol. The van der Waals surface area contributed by atoms with Crippen molar-refractivity contribution in [2.75, 3.05) is 0 Å². The van der Waals surface area contributed by atoms with Crippen molar-refractivity contribution in [3.63, 3.8) is 0 Å². The normalized spacial score (nSPS) is 13.6. The van der Waals surface area contributed by atoms with Crippen LogP contribution in [0.1, 0.15) is 46.5 Å². The largest absolute Gasteiger partial charge is 0.464 e. The Balaban J connectivity index is 1.39. The van der Waals surface area contributed by atoms with Crippen molar-refractivity contribution in [2.45, 2.75) is 39.0 Å². The number of furan rings is 1. The van der Waals surface area contributed by atoms with Crippen molar-refractivity contribution in [3.05, 3.63) is 58.5 Å². The fourth-order valence-corrected chi connectivity index (χ4v) is 3.44. The monoisotopic (exact) mass is 336 g/mol. The maximum Gasteiger partial charge on any atom is 0.231 e.